The van der Waals surface area contributed by atoms with Crippen molar-refractivity contribution in [1.29, 1.82) is 0 Å². The molecule has 1 aliphatic rings. The summed E-state index contributed by atoms with van der Waals surface area (Å²) in [6, 6.07) is -0.129. The van der Waals surface area contributed by atoms with Crippen molar-refractivity contribution in [2.75, 3.05) is 13.1 Å². The second-order valence-electron chi connectivity index (χ2n) is 3.17. The van der Waals surface area contributed by atoms with E-state index in [1.54, 1.807) is 6.92 Å². The van der Waals surface area contributed by atoms with Gasteiger partial charge in [-0.05, 0) is 12.8 Å². The first kappa shape index (κ1) is 11.4. The standard InChI is InChI=1S/C7H14N2O4S/c1-2-8-14(12,13)9(5-7(10)11)6-3-4-6/h6,8H,2-5H2,1H3,(H,10,11). The third-order valence-corrected chi connectivity index (χ3v) is 3.58. The van der Waals surface area contributed by atoms with E-state index >= 15 is 0 Å². The lowest BCUT2D eigenvalue weighted by Gasteiger charge is -2.19. The molecular formula is C7H14N2O4S. The summed E-state index contributed by atoms with van der Waals surface area (Å²) in [6.45, 7) is 1.47. The van der Waals surface area contributed by atoms with Crippen molar-refractivity contribution in [2.24, 2.45) is 0 Å². The van der Waals surface area contributed by atoms with E-state index in [9.17, 15) is 13.2 Å². The van der Waals surface area contributed by atoms with Crippen LogP contribution in [0, 0.1) is 0 Å². The predicted molar refractivity (Wildman–Crippen MR) is 50.0 cm³/mol. The molecule has 1 rings (SSSR count). The van der Waals surface area contributed by atoms with Crippen molar-refractivity contribution in [3.8, 4) is 0 Å². The summed E-state index contributed by atoms with van der Waals surface area (Å²) in [5.41, 5.74) is 0. The van der Waals surface area contributed by atoms with Crippen LogP contribution in [-0.4, -0.2) is 42.9 Å². The van der Waals surface area contributed by atoms with Gasteiger partial charge in [-0.1, -0.05) is 6.92 Å². The number of carbonyl (C=O) groups is 1. The Morgan fingerprint density at radius 1 is 1.57 bits per heavy atom. The van der Waals surface area contributed by atoms with Crippen LogP contribution in [-0.2, 0) is 15.0 Å². The van der Waals surface area contributed by atoms with E-state index < -0.39 is 22.7 Å². The minimum Gasteiger partial charge on any atom is -0.480 e. The molecule has 0 unspecified atom stereocenters. The molecule has 6 nitrogen and oxygen atoms in total. The molecule has 0 heterocycles. The van der Waals surface area contributed by atoms with Crippen LogP contribution >= 0.6 is 0 Å². The van der Waals surface area contributed by atoms with Crippen LogP contribution in [0.3, 0.4) is 0 Å². The van der Waals surface area contributed by atoms with E-state index in [0.29, 0.717) is 0 Å². The summed E-state index contributed by atoms with van der Waals surface area (Å²) in [6.07, 6.45) is 1.50. The van der Waals surface area contributed by atoms with E-state index in [4.69, 9.17) is 5.11 Å². The quantitative estimate of drug-likeness (QED) is 0.627. The van der Waals surface area contributed by atoms with E-state index in [1.807, 2.05) is 0 Å². The fourth-order valence-electron chi connectivity index (χ4n) is 1.17. The molecular weight excluding hydrogens is 208 g/mol. The Morgan fingerprint density at radius 2 is 2.14 bits per heavy atom. The molecule has 0 aromatic rings. The number of aliphatic carboxylic acids is 1. The molecule has 14 heavy (non-hydrogen) atoms. The van der Waals surface area contributed by atoms with Crippen LogP contribution in [0.5, 0.6) is 0 Å². The minimum absolute atomic E-state index is 0.129. The lowest BCUT2D eigenvalue weighted by atomic mass is 10.6. The Bertz CT molecular complexity index is 310. The van der Waals surface area contributed by atoms with Crippen molar-refractivity contribution in [2.45, 2.75) is 25.8 Å². The van der Waals surface area contributed by atoms with E-state index in [-0.39, 0.29) is 12.6 Å². The molecule has 0 amide bonds. The number of nitrogens with zero attached hydrogens (tertiary/aromatic N) is 1. The highest BCUT2D eigenvalue weighted by Gasteiger charge is 2.37. The molecule has 7 heteroatoms. The number of hydrogen-bond acceptors (Lipinski definition) is 3. The first-order chi connectivity index (χ1) is 6.47. The number of carboxylic acids is 1. The van der Waals surface area contributed by atoms with Gasteiger partial charge in [-0.3, -0.25) is 4.79 Å². The van der Waals surface area contributed by atoms with Gasteiger partial charge in [0.25, 0.3) is 10.2 Å². The largest absolute Gasteiger partial charge is 0.480 e. The Kier molecular flexibility index (Phi) is 3.46. The molecule has 0 saturated heterocycles. The van der Waals surface area contributed by atoms with Gasteiger partial charge in [0.05, 0.1) is 0 Å². The maximum Gasteiger partial charge on any atom is 0.318 e. The fourth-order valence-corrected chi connectivity index (χ4v) is 2.59. The summed E-state index contributed by atoms with van der Waals surface area (Å²) in [5, 5.41) is 8.56. The maximum atomic E-state index is 11.5. The first-order valence-corrected chi connectivity index (χ1v) is 5.89. The number of carboxylic acid groups (broad SMARTS) is 1. The highest BCUT2D eigenvalue weighted by Crippen LogP contribution is 2.28. The monoisotopic (exact) mass is 222 g/mol. The average Bonchev–Trinajstić information content (AvgIpc) is 2.81. The van der Waals surface area contributed by atoms with Gasteiger partial charge in [-0.15, -0.1) is 0 Å². The molecule has 0 spiro atoms. The summed E-state index contributed by atoms with van der Waals surface area (Å²) >= 11 is 0. The smallest absolute Gasteiger partial charge is 0.318 e. The zero-order chi connectivity index (χ0) is 10.8. The van der Waals surface area contributed by atoms with Crippen molar-refractivity contribution in [3.63, 3.8) is 0 Å². The topological polar surface area (TPSA) is 86.7 Å². The predicted octanol–water partition coefficient (Wildman–Crippen LogP) is -0.610. The third-order valence-electron chi connectivity index (χ3n) is 1.88. The molecule has 0 bridgehead atoms. The van der Waals surface area contributed by atoms with Gasteiger partial charge < -0.3 is 5.11 Å². The molecule has 0 aromatic carbocycles. The van der Waals surface area contributed by atoms with Gasteiger partial charge in [0.1, 0.15) is 6.54 Å². The van der Waals surface area contributed by atoms with Gasteiger partial charge in [0, 0.05) is 12.6 Å². The van der Waals surface area contributed by atoms with E-state index in [1.165, 1.54) is 0 Å². The Hall–Kier alpha value is -0.660. The Labute approximate surface area is 83.1 Å². The van der Waals surface area contributed by atoms with Crippen LogP contribution in [0.4, 0.5) is 0 Å². The lowest BCUT2D eigenvalue weighted by molar-refractivity contribution is -0.137. The highest BCUT2D eigenvalue weighted by molar-refractivity contribution is 7.87. The van der Waals surface area contributed by atoms with Crippen molar-refractivity contribution >= 4 is 16.2 Å². The zero-order valence-corrected chi connectivity index (χ0v) is 8.75. The molecule has 1 fully saturated rings. The number of hydrogen-bond donors (Lipinski definition) is 2. The molecule has 0 aromatic heterocycles. The second kappa shape index (κ2) is 4.24. The van der Waals surface area contributed by atoms with Gasteiger partial charge in [0.15, 0.2) is 0 Å². The Balaban J connectivity index is 2.71. The summed E-state index contributed by atoms with van der Waals surface area (Å²) in [7, 11) is -3.60. The van der Waals surface area contributed by atoms with Crippen molar-refractivity contribution in [1.82, 2.24) is 9.03 Å². The number of rotatable bonds is 6. The summed E-state index contributed by atoms with van der Waals surface area (Å²) in [4.78, 5) is 10.5. The average molecular weight is 222 g/mol. The Morgan fingerprint density at radius 3 is 2.50 bits per heavy atom. The van der Waals surface area contributed by atoms with Crippen LogP contribution in [0.15, 0.2) is 0 Å². The molecule has 1 aliphatic carbocycles. The fraction of sp³-hybridized carbons (Fsp3) is 0.857. The van der Waals surface area contributed by atoms with Gasteiger partial charge in [-0.25, -0.2) is 4.72 Å². The van der Waals surface area contributed by atoms with Crippen molar-refractivity contribution in [3.05, 3.63) is 0 Å². The van der Waals surface area contributed by atoms with Gasteiger partial charge in [0.2, 0.25) is 0 Å². The van der Waals surface area contributed by atoms with E-state index in [2.05, 4.69) is 4.72 Å². The first-order valence-electron chi connectivity index (χ1n) is 4.45. The summed E-state index contributed by atoms with van der Waals surface area (Å²) in [5.74, 6) is -1.13. The lowest BCUT2D eigenvalue weighted by Crippen LogP contribution is -2.44. The normalized spacial score (nSPS) is 17.3. The molecule has 0 atom stereocenters. The maximum absolute atomic E-state index is 11.5. The molecule has 82 valence electrons. The third kappa shape index (κ3) is 2.93. The van der Waals surface area contributed by atoms with Gasteiger partial charge in [-0.2, -0.15) is 12.7 Å². The van der Waals surface area contributed by atoms with Crippen LogP contribution in [0.2, 0.25) is 0 Å². The summed E-state index contributed by atoms with van der Waals surface area (Å²) < 4.78 is 26.3. The van der Waals surface area contributed by atoms with Crippen LogP contribution in [0.1, 0.15) is 19.8 Å². The molecule has 2 N–H and O–H groups in total. The molecule has 0 radical (unpaired) electrons. The zero-order valence-electron chi connectivity index (χ0n) is 7.93. The van der Waals surface area contributed by atoms with E-state index in [0.717, 1.165) is 17.1 Å². The van der Waals surface area contributed by atoms with Gasteiger partial charge >= 0.3 is 5.97 Å². The number of nitrogens with one attached hydrogen (secondary N) is 1. The van der Waals surface area contributed by atoms with Crippen LogP contribution < -0.4 is 4.72 Å². The van der Waals surface area contributed by atoms with Crippen LogP contribution in [0.25, 0.3) is 0 Å². The molecule has 0 aliphatic heterocycles. The minimum atomic E-state index is -3.60. The second-order valence-corrected chi connectivity index (χ2v) is 4.88. The molecule has 1 saturated carbocycles. The highest BCUT2D eigenvalue weighted by atomic mass is 32.2. The van der Waals surface area contributed by atoms with Crippen molar-refractivity contribution < 1.29 is 18.3 Å². The SMILES string of the molecule is CCNS(=O)(=O)N(CC(=O)O)C1CC1.